The number of halogens is 1. The van der Waals surface area contributed by atoms with Gasteiger partial charge in [0, 0.05) is 23.5 Å². The van der Waals surface area contributed by atoms with Crippen LogP contribution >= 0.6 is 0 Å². The molecule has 0 amide bonds. The molecular formula is C11H10FN5. The van der Waals surface area contributed by atoms with E-state index in [0.717, 1.165) is 22.9 Å². The Balaban J connectivity index is 1.86. The van der Waals surface area contributed by atoms with Gasteiger partial charge in [0.2, 0.25) is 0 Å². The monoisotopic (exact) mass is 231 g/mol. The molecule has 0 aliphatic rings. The van der Waals surface area contributed by atoms with Crippen molar-refractivity contribution in [3.05, 3.63) is 41.6 Å². The van der Waals surface area contributed by atoms with Crippen LogP contribution in [0.15, 0.2) is 24.4 Å². The molecule has 2 heterocycles. The van der Waals surface area contributed by atoms with E-state index in [1.165, 1.54) is 12.1 Å². The van der Waals surface area contributed by atoms with E-state index in [1.54, 1.807) is 6.07 Å². The summed E-state index contributed by atoms with van der Waals surface area (Å²) >= 11 is 0. The van der Waals surface area contributed by atoms with Gasteiger partial charge in [-0.25, -0.2) is 4.39 Å². The Morgan fingerprint density at radius 1 is 1.24 bits per heavy atom. The second-order valence-corrected chi connectivity index (χ2v) is 3.83. The molecule has 0 bridgehead atoms. The quantitative estimate of drug-likeness (QED) is 0.719. The lowest BCUT2D eigenvalue weighted by molar-refractivity contribution is 0.629. The molecule has 1 aromatic carbocycles. The Bertz CT molecular complexity index is 628. The zero-order valence-electron chi connectivity index (χ0n) is 8.94. The van der Waals surface area contributed by atoms with Gasteiger partial charge in [0.15, 0.2) is 5.82 Å². The number of aromatic amines is 2. The van der Waals surface area contributed by atoms with Gasteiger partial charge < -0.3 is 4.98 Å². The molecular weight excluding hydrogens is 221 g/mol. The lowest BCUT2D eigenvalue weighted by Gasteiger charge is -1.96. The number of rotatable bonds is 3. The summed E-state index contributed by atoms with van der Waals surface area (Å²) < 4.78 is 13.0. The average molecular weight is 231 g/mol. The summed E-state index contributed by atoms with van der Waals surface area (Å²) in [5.74, 6) is 0.450. The van der Waals surface area contributed by atoms with Crippen LogP contribution < -0.4 is 0 Å². The fourth-order valence-corrected chi connectivity index (χ4v) is 1.90. The van der Waals surface area contributed by atoms with Crippen molar-refractivity contribution in [1.82, 2.24) is 25.6 Å². The van der Waals surface area contributed by atoms with Crippen molar-refractivity contribution in [2.75, 3.05) is 0 Å². The molecule has 2 aromatic heterocycles. The Morgan fingerprint density at radius 3 is 3.00 bits per heavy atom. The number of fused-ring (bicyclic) bond motifs is 1. The first kappa shape index (κ1) is 9.95. The van der Waals surface area contributed by atoms with Gasteiger partial charge in [-0.1, -0.05) is 5.21 Å². The van der Waals surface area contributed by atoms with Gasteiger partial charge in [-0.2, -0.15) is 5.21 Å². The molecule has 0 fully saturated rings. The maximum absolute atomic E-state index is 13.0. The molecule has 86 valence electrons. The number of tetrazole rings is 1. The van der Waals surface area contributed by atoms with E-state index < -0.39 is 0 Å². The predicted molar refractivity (Wildman–Crippen MR) is 59.8 cm³/mol. The van der Waals surface area contributed by atoms with Gasteiger partial charge in [0.1, 0.15) is 5.82 Å². The first-order chi connectivity index (χ1) is 8.33. The molecule has 5 nitrogen and oxygen atoms in total. The third-order valence-corrected chi connectivity index (χ3v) is 2.74. The smallest absolute Gasteiger partial charge is 0.174 e. The second kappa shape index (κ2) is 3.97. The Labute approximate surface area is 96.0 Å². The van der Waals surface area contributed by atoms with Crippen LogP contribution in [0.1, 0.15) is 11.4 Å². The molecule has 3 rings (SSSR count). The van der Waals surface area contributed by atoms with Crippen LogP contribution in [0.5, 0.6) is 0 Å². The Morgan fingerprint density at radius 2 is 2.18 bits per heavy atom. The molecule has 0 saturated carbocycles. The molecule has 17 heavy (non-hydrogen) atoms. The predicted octanol–water partition coefficient (Wildman–Crippen LogP) is 1.61. The van der Waals surface area contributed by atoms with Gasteiger partial charge in [0.05, 0.1) is 0 Å². The van der Waals surface area contributed by atoms with Crippen molar-refractivity contribution in [1.29, 1.82) is 0 Å². The minimum absolute atomic E-state index is 0.232. The number of H-pyrrole nitrogens is 2. The van der Waals surface area contributed by atoms with Gasteiger partial charge in [0.25, 0.3) is 0 Å². The SMILES string of the molecule is Fc1ccc2c(CCc3nn[nH]n3)c[nH]c2c1. The normalized spacial score (nSPS) is 11.1. The van der Waals surface area contributed by atoms with Crippen molar-refractivity contribution < 1.29 is 4.39 Å². The Kier molecular flexibility index (Phi) is 2.32. The standard InChI is InChI=1S/C11H10FN5/c12-8-2-3-9-7(6-13-10(9)5-8)1-4-11-14-16-17-15-11/h2-3,5-6,13H,1,4H2,(H,14,15,16,17). The number of nitrogens with zero attached hydrogens (tertiary/aromatic N) is 3. The molecule has 0 radical (unpaired) electrons. The van der Waals surface area contributed by atoms with E-state index in [0.29, 0.717) is 12.2 Å². The van der Waals surface area contributed by atoms with Crippen LogP contribution in [0.4, 0.5) is 4.39 Å². The highest BCUT2D eigenvalue weighted by Crippen LogP contribution is 2.20. The van der Waals surface area contributed by atoms with Crippen molar-refractivity contribution in [3.63, 3.8) is 0 Å². The van der Waals surface area contributed by atoms with E-state index in [1.807, 2.05) is 6.20 Å². The van der Waals surface area contributed by atoms with Crippen LogP contribution in [0.3, 0.4) is 0 Å². The van der Waals surface area contributed by atoms with Crippen LogP contribution in [-0.4, -0.2) is 25.6 Å². The summed E-state index contributed by atoms with van der Waals surface area (Å²) in [5.41, 5.74) is 1.94. The van der Waals surface area contributed by atoms with E-state index in [9.17, 15) is 4.39 Å². The molecule has 0 unspecified atom stereocenters. The lowest BCUT2D eigenvalue weighted by atomic mass is 10.1. The summed E-state index contributed by atoms with van der Waals surface area (Å²) in [5, 5.41) is 14.7. The summed E-state index contributed by atoms with van der Waals surface area (Å²) in [6.45, 7) is 0. The van der Waals surface area contributed by atoms with Crippen LogP contribution in [0.2, 0.25) is 0 Å². The van der Waals surface area contributed by atoms with Crippen LogP contribution in [0.25, 0.3) is 10.9 Å². The van der Waals surface area contributed by atoms with Gasteiger partial charge in [-0.15, -0.1) is 10.2 Å². The van der Waals surface area contributed by atoms with E-state index in [4.69, 9.17) is 0 Å². The average Bonchev–Trinajstić information content (AvgIpc) is 2.94. The highest BCUT2D eigenvalue weighted by Gasteiger charge is 2.06. The number of nitrogens with one attached hydrogen (secondary N) is 2. The summed E-state index contributed by atoms with van der Waals surface area (Å²) in [6, 6.07) is 4.74. The summed E-state index contributed by atoms with van der Waals surface area (Å²) in [7, 11) is 0. The Hall–Kier alpha value is -2.24. The lowest BCUT2D eigenvalue weighted by Crippen LogP contribution is -1.93. The van der Waals surface area contributed by atoms with Crippen LogP contribution in [0, 0.1) is 5.82 Å². The number of aromatic nitrogens is 5. The molecule has 0 spiro atoms. The minimum atomic E-state index is -0.232. The van der Waals surface area contributed by atoms with Crippen molar-refractivity contribution in [2.45, 2.75) is 12.8 Å². The minimum Gasteiger partial charge on any atom is -0.361 e. The molecule has 0 aliphatic carbocycles. The fourth-order valence-electron chi connectivity index (χ4n) is 1.90. The first-order valence-electron chi connectivity index (χ1n) is 5.31. The molecule has 0 aliphatic heterocycles. The molecule has 0 atom stereocenters. The maximum Gasteiger partial charge on any atom is 0.174 e. The van der Waals surface area contributed by atoms with Gasteiger partial charge in [-0.3, -0.25) is 0 Å². The molecule has 6 heteroatoms. The van der Waals surface area contributed by atoms with Crippen molar-refractivity contribution >= 4 is 10.9 Å². The first-order valence-corrected chi connectivity index (χ1v) is 5.31. The van der Waals surface area contributed by atoms with Gasteiger partial charge in [-0.05, 0) is 30.2 Å². The number of hydrogen-bond donors (Lipinski definition) is 2. The van der Waals surface area contributed by atoms with E-state index in [-0.39, 0.29) is 5.82 Å². The van der Waals surface area contributed by atoms with Crippen LogP contribution in [-0.2, 0) is 12.8 Å². The maximum atomic E-state index is 13.0. The zero-order valence-corrected chi connectivity index (χ0v) is 8.94. The second-order valence-electron chi connectivity index (χ2n) is 3.83. The molecule has 0 saturated heterocycles. The largest absolute Gasteiger partial charge is 0.361 e. The summed E-state index contributed by atoms with van der Waals surface area (Å²) in [6.07, 6.45) is 3.40. The number of benzene rings is 1. The fraction of sp³-hybridized carbons (Fsp3) is 0.182. The molecule has 2 N–H and O–H groups in total. The van der Waals surface area contributed by atoms with Gasteiger partial charge >= 0.3 is 0 Å². The number of aryl methyl sites for hydroxylation is 2. The van der Waals surface area contributed by atoms with E-state index in [2.05, 4.69) is 25.6 Å². The highest BCUT2D eigenvalue weighted by atomic mass is 19.1. The topological polar surface area (TPSA) is 70.2 Å². The van der Waals surface area contributed by atoms with E-state index >= 15 is 0 Å². The van der Waals surface area contributed by atoms with Crippen molar-refractivity contribution in [3.8, 4) is 0 Å². The zero-order chi connectivity index (χ0) is 11.7. The third-order valence-electron chi connectivity index (χ3n) is 2.74. The highest BCUT2D eigenvalue weighted by molar-refractivity contribution is 5.83. The third kappa shape index (κ3) is 1.89. The summed E-state index contributed by atoms with van der Waals surface area (Å²) in [4.78, 5) is 3.05. The van der Waals surface area contributed by atoms with Crippen molar-refractivity contribution in [2.24, 2.45) is 0 Å². The molecule has 3 aromatic rings. The number of hydrogen-bond acceptors (Lipinski definition) is 3.